The van der Waals surface area contributed by atoms with Gasteiger partial charge in [0.05, 0.1) is 0 Å². The van der Waals surface area contributed by atoms with Crippen LogP contribution in [0.5, 0.6) is 0 Å². The molecule has 0 amide bonds. The highest BCUT2D eigenvalue weighted by Gasteiger charge is 2.51. The van der Waals surface area contributed by atoms with E-state index in [4.69, 9.17) is 0 Å². The quantitative estimate of drug-likeness (QED) is 0.110. The Morgan fingerprint density at radius 1 is 0.192 bits per heavy atom. The van der Waals surface area contributed by atoms with Gasteiger partial charge in [0.1, 0.15) is 0 Å². The molecule has 0 atom stereocenters. The molecule has 0 unspecified atom stereocenters. The number of fused-ring (bicyclic) bond motifs is 10. The zero-order valence-corrected chi connectivity index (χ0v) is 44.9. The molecule has 2 aliphatic rings. The van der Waals surface area contributed by atoms with Crippen molar-refractivity contribution in [2.45, 2.75) is 0 Å². The molecule has 0 aliphatic carbocycles. The van der Waals surface area contributed by atoms with Crippen molar-refractivity contribution in [3.05, 3.63) is 303 Å². The van der Waals surface area contributed by atoms with E-state index in [-0.39, 0.29) is 0 Å². The molecule has 2 heteroatoms. The molecule has 14 aromatic rings. The van der Waals surface area contributed by atoms with Crippen LogP contribution in [0.4, 0.5) is 0 Å². The Hall–Kier alpha value is -9.45. The zero-order valence-electron chi connectivity index (χ0n) is 42.9. The van der Waals surface area contributed by atoms with Crippen molar-refractivity contribution in [1.82, 2.24) is 0 Å². The van der Waals surface area contributed by atoms with Gasteiger partial charge in [-0.25, -0.2) is 0 Å². The summed E-state index contributed by atoms with van der Waals surface area (Å²) in [6.07, 6.45) is 0. The van der Waals surface area contributed by atoms with E-state index in [9.17, 15) is 0 Å². The highest BCUT2D eigenvalue weighted by molar-refractivity contribution is 7.23. The van der Waals surface area contributed by atoms with Crippen LogP contribution >= 0.6 is 0 Å². The Kier molecular flexibility index (Phi) is 10.1. The van der Waals surface area contributed by atoms with Crippen molar-refractivity contribution in [2.24, 2.45) is 0 Å². The Morgan fingerprint density at radius 2 is 0.526 bits per heavy atom. The van der Waals surface area contributed by atoms with Crippen LogP contribution in [0.3, 0.4) is 0 Å². The summed E-state index contributed by atoms with van der Waals surface area (Å²) in [7, 11) is -5.81. The fraction of sp³-hybridized carbons (Fsp3) is 0. The Bertz CT molecular complexity index is 4400. The van der Waals surface area contributed by atoms with Crippen LogP contribution in [0.25, 0.3) is 98.7 Å². The van der Waals surface area contributed by atoms with Crippen LogP contribution in [0.2, 0.25) is 0 Å². The van der Waals surface area contributed by atoms with E-state index < -0.39 is 16.1 Å². The maximum atomic E-state index is 2.58. The molecule has 0 N–H and O–H groups in total. The van der Waals surface area contributed by atoms with Crippen LogP contribution in [-0.4, -0.2) is 16.1 Å². The molecule has 2 aliphatic heterocycles. The monoisotopic (exact) mass is 1020 g/mol. The SMILES string of the molecule is c1ccc([Si]2(c3ccccc3)c3ccccc3-c3cccc(-c4cccc5c(-c6ccc7cc8ccccc8cc7c6)c6cccc(-c7cccc8c7[Si](c7ccccc7)(c7ccccc7)c7ccccc7-8)c6cc45)c32)cc1. The van der Waals surface area contributed by atoms with Gasteiger partial charge < -0.3 is 0 Å². The molecular weight excluding hydrogens is 969 g/mol. The minimum Gasteiger partial charge on any atom is -0.0623 e. The summed E-state index contributed by atoms with van der Waals surface area (Å²) in [6, 6.07) is 116. The van der Waals surface area contributed by atoms with E-state index in [0.29, 0.717) is 0 Å². The third-order valence-corrected chi connectivity index (χ3v) is 27.4. The Balaban J connectivity index is 1.04. The van der Waals surface area contributed by atoms with Crippen molar-refractivity contribution in [3.8, 4) is 55.6 Å². The summed E-state index contributed by atoms with van der Waals surface area (Å²) in [6.45, 7) is 0. The average Bonchev–Trinajstić information content (AvgIpc) is 4.18. The summed E-state index contributed by atoms with van der Waals surface area (Å²) in [5.74, 6) is 0. The van der Waals surface area contributed by atoms with E-state index in [1.54, 1.807) is 0 Å². The van der Waals surface area contributed by atoms with Crippen LogP contribution in [0.15, 0.2) is 303 Å². The lowest BCUT2D eigenvalue weighted by Gasteiger charge is -2.33. The second-order valence-corrected chi connectivity index (χ2v) is 28.7. The Morgan fingerprint density at radius 3 is 0.974 bits per heavy atom. The summed E-state index contributed by atoms with van der Waals surface area (Å²) >= 11 is 0. The summed E-state index contributed by atoms with van der Waals surface area (Å²) in [5.41, 5.74) is 13.0. The summed E-state index contributed by atoms with van der Waals surface area (Å²) in [5, 5.41) is 21.4. The van der Waals surface area contributed by atoms with Crippen molar-refractivity contribution in [2.75, 3.05) is 0 Å². The summed E-state index contributed by atoms with van der Waals surface area (Å²) < 4.78 is 0. The number of hydrogen-bond donors (Lipinski definition) is 0. The van der Waals surface area contributed by atoms with Gasteiger partial charge in [-0.2, -0.15) is 0 Å². The topological polar surface area (TPSA) is 0 Å². The molecule has 0 saturated carbocycles. The van der Waals surface area contributed by atoms with Crippen molar-refractivity contribution >= 4 is 101 Å². The van der Waals surface area contributed by atoms with E-state index in [1.165, 1.54) is 140 Å². The Labute approximate surface area is 456 Å². The second-order valence-electron chi connectivity index (χ2n) is 21.3. The van der Waals surface area contributed by atoms with Crippen molar-refractivity contribution in [1.29, 1.82) is 0 Å². The van der Waals surface area contributed by atoms with E-state index in [1.807, 2.05) is 0 Å². The normalized spacial score (nSPS) is 13.6. The number of rotatable bonds is 7. The highest BCUT2D eigenvalue weighted by Crippen LogP contribution is 2.46. The first-order valence-electron chi connectivity index (χ1n) is 27.3. The minimum atomic E-state index is -2.91. The third kappa shape index (κ3) is 6.33. The van der Waals surface area contributed by atoms with Crippen LogP contribution < -0.4 is 41.5 Å². The largest absolute Gasteiger partial charge is 0.181 e. The molecule has 0 fully saturated rings. The molecule has 362 valence electrons. The standard InChI is InChI=1S/C76H50Si2/c1-5-25-56(26-6-1)77(57-27-7-2-8-28-57)72-43-17-15-33-62(72)68-41-21-39-66(75(68)77)60-35-19-37-64-70(60)50-71-61(36-20-38-65(71)74(64)54-46-45-53-47-51-23-13-14-24-52(51)48-55(53)49-54)67-40-22-42-69-63-34-16-18-44-73(63)78(76(67)69,58-29-9-3-10-30-58)59-31-11-4-12-32-59/h1-50H. The number of hydrogen-bond acceptors (Lipinski definition) is 0. The van der Waals surface area contributed by atoms with Gasteiger partial charge in [0.2, 0.25) is 0 Å². The zero-order chi connectivity index (χ0) is 51.4. The first-order valence-corrected chi connectivity index (χ1v) is 31.3. The van der Waals surface area contributed by atoms with E-state index in [0.717, 1.165) is 0 Å². The number of benzene rings is 14. The second kappa shape index (κ2) is 17.6. The molecule has 0 spiro atoms. The lowest BCUT2D eigenvalue weighted by Crippen LogP contribution is -2.73. The van der Waals surface area contributed by atoms with Gasteiger partial charge in [-0.1, -0.05) is 279 Å². The molecule has 0 radical (unpaired) electrons. The van der Waals surface area contributed by atoms with Gasteiger partial charge in [-0.15, -0.1) is 0 Å². The van der Waals surface area contributed by atoms with E-state index >= 15 is 0 Å². The average molecular weight is 1020 g/mol. The fourth-order valence-electron chi connectivity index (χ4n) is 14.5. The maximum absolute atomic E-state index is 2.91. The smallest absolute Gasteiger partial charge is 0.0623 e. The fourth-order valence-corrected chi connectivity index (χ4v) is 25.3. The summed E-state index contributed by atoms with van der Waals surface area (Å²) in [4.78, 5) is 0. The maximum Gasteiger partial charge on any atom is 0.181 e. The predicted octanol–water partition coefficient (Wildman–Crippen LogP) is 14.0. The molecule has 78 heavy (non-hydrogen) atoms. The van der Waals surface area contributed by atoms with Crippen LogP contribution in [-0.2, 0) is 0 Å². The van der Waals surface area contributed by atoms with Crippen molar-refractivity contribution < 1.29 is 0 Å². The van der Waals surface area contributed by atoms with Crippen molar-refractivity contribution in [3.63, 3.8) is 0 Å². The molecule has 0 saturated heterocycles. The van der Waals surface area contributed by atoms with Gasteiger partial charge in [-0.05, 0) is 164 Å². The lowest BCUT2D eigenvalue weighted by molar-refractivity contribution is 1.65. The van der Waals surface area contributed by atoms with Gasteiger partial charge in [0.15, 0.2) is 16.1 Å². The van der Waals surface area contributed by atoms with Gasteiger partial charge >= 0.3 is 0 Å². The first-order chi connectivity index (χ1) is 38.7. The molecule has 14 aromatic carbocycles. The van der Waals surface area contributed by atoms with Gasteiger partial charge in [0.25, 0.3) is 0 Å². The minimum absolute atomic E-state index is 1.22. The van der Waals surface area contributed by atoms with Gasteiger partial charge in [0, 0.05) is 0 Å². The predicted molar refractivity (Wildman–Crippen MR) is 338 cm³/mol. The third-order valence-electron chi connectivity index (χ3n) is 17.6. The molecule has 0 bridgehead atoms. The molecule has 0 aromatic heterocycles. The van der Waals surface area contributed by atoms with Crippen LogP contribution in [0.1, 0.15) is 0 Å². The van der Waals surface area contributed by atoms with Crippen LogP contribution in [0, 0.1) is 0 Å². The molecule has 2 heterocycles. The van der Waals surface area contributed by atoms with Gasteiger partial charge in [-0.3, -0.25) is 0 Å². The highest BCUT2D eigenvalue weighted by atomic mass is 28.3. The lowest BCUT2D eigenvalue weighted by atomic mass is 9.85. The first kappa shape index (κ1) is 44.8. The molecular formula is C76H50Si2. The van der Waals surface area contributed by atoms with E-state index in [2.05, 4.69) is 303 Å². The molecule has 16 rings (SSSR count). The molecule has 0 nitrogen and oxygen atoms in total.